The molecule has 12 rings (SSSR count). The monoisotopic (exact) mass is 728 g/mol. The first-order chi connectivity index (χ1) is 28.3. The van der Waals surface area contributed by atoms with Crippen LogP contribution in [0.4, 0.5) is 0 Å². The van der Waals surface area contributed by atoms with E-state index in [0.29, 0.717) is 0 Å². The van der Waals surface area contributed by atoms with E-state index in [9.17, 15) is 0 Å². The summed E-state index contributed by atoms with van der Waals surface area (Å²) in [6, 6.07) is 66.2. The second-order valence-corrected chi connectivity index (χ2v) is 15.1. The summed E-state index contributed by atoms with van der Waals surface area (Å²) in [5.74, 6) is 0.953. The minimum Gasteiger partial charge on any atom is -0.483 e. The number of nitrogens with zero attached hydrogens (tertiary/aromatic N) is 2. The Kier molecular flexibility index (Phi) is 7.05. The van der Waals surface area contributed by atoms with E-state index in [-0.39, 0.29) is 6.10 Å². The van der Waals surface area contributed by atoms with Gasteiger partial charge in [-0.3, -0.25) is 0 Å². The van der Waals surface area contributed by atoms with Crippen molar-refractivity contribution in [2.24, 2.45) is 0 Å². The van der Waals surface area contributed by atoms with Crippen LogP contribution in [0, 0.1) is 0 Å². The van der Waals surface area contributed by atoms with Gasteiger partial charge >= 0.3 is 0 Å². The third-order valence-electron chi connectivity index (χ3n) is 12.0. The average molecular weight is 729 g/mol. The van der Waals surface area contributed by atoms with E-state index in [1.54, 1.807) is 0 Å². The van der Waals surface area contributed by atoms with Crippen LogP contribution >= 0.6 is 0 Å². The lowest BCUT2D eigenvalue weighted by Crippen LogP contribution is -2.12. The predicted octanol–water partition coefficient (Wildman–Crippen LogP) is 14.0. The molecular formula is C54H36N2O. The lowest BCUT2D eigenvalue weighted by molar-refractivity contribution is 0.278. The topological polar surface area (TPSA) is 19.1 Å². The largest absolute Gasteiger partial charge is 0.483 e. The second kappa shape index (κ2) is 12.6. The molecule has 2 aromatic heterocycles. The number of para-hydroxylation sites is 3. The number of ether oxygens (including phenoxy) is 1. The molecule has 0 saturated heterocycles. The molecule has 0 N–H and O–H groups in total. The second-order valence-electron chi connectivity index (χ2n) is 15.1. The third-order valence-corrected chi connectivity index (χ3v) is 12.0. The van der Waals surface area contributed by atoms with Crippen molar-refractivity contribution in [3.8, 4) is 50.5 Å². The molecule has 3 heterocycles. The van der Waals surface area contributed by atoms with Crippen molar-refractivity contribution in [1.29, 1.82) is 0 Å². The number of benzene rings is 8. The quantitative estimate of drug-likeness (QED) is 0.173. The lowest BCUT2D eigenvalue weighted by atomic mass is 9.90. The molecule has 1 aliphatic carbocycles. The minimum absolute atomic E-state index is 0.00535. The Hall–Kier alpha value is -7.36. The van der Waals surface area contributed by atoms with Gasteiger partial charge in [0.1, 0.15) is 6.10 Å². The number of rotatable bonds is 5. The molecule has 1 atom stereocenters. The molecule has 0 spiro atoms. The van der Waals surface area contributed by atoms with Gasteiger partial charge in [-0.25, -0.2) is 0 Å². The van der Waals surface area contributed by atoms with Gasteiger partial charge in [0.05, 0.1) is 33.4 Å². The summed E-state index contributed by atoms with van der Waals surface area (Å²) in [5, 5.41) is 4.93. The van der Waals surface area contributed by atoms with Crippen LogP contribution in [-0.2, 0) is 0 Å². The molecule has 3 heteroatoms. The highest BCUT2D eigenvalue weighted by Gasteiger charge is 2.34. The van der Waals surface area contributed by atoms with E-state index in [4.69, 9.17) is 4.74 Å². The van der Waals surface area contributed by atoms with Crippen LogP contribution in [0.5, 0.6) is 5.75 Å². The molecule has 0 amide bonds. The number of aromatic nitrogens is 2. The summed E-state index contributed by atoms with van der Waals surface area (Å²) in [5.41, 5.74) is 16.6. The van der Waals surface area contributed by atoms with Gasteiger partial charge in [0.25, 0.3) is 0 Å². The zero-order chi connectivity index (χ0) is 37.5. The van der Waals surface area contributed by atoms with Crippen molar-refractivity contribution in [3.63, 3.8) is 0 Å². The molecule has 0 fully saturated rings. The molecule has 0 saturated carbocycles. The molecule has 8 aromatic carbocycles. The summed E-state index contributed by atoms with van der Waals surface area (Å²) in [6.07, 6.45) is 7.50. The van der Waals surface area contributed by atoms with Crippen molar-refractivity contribution in [3.05, 3.63) is 206 Å². The summed E-state index contributed by atoms with van der Waals surface area (Å²) in [4.78, 5) is 0. The number of hydrogen-bond acceptors (Lipinski definition) is 1. The molecule has 1 aliphatic heterocycles. The Bertz CT molecular complexity index is 3290. The molecule has 3 nitrogen and oxygen atoms in total. The van der Waals surface area contributed by atoms with Gasteiger partial charge in [0, 0.05) is 44.7 Å². The normalized spacial score (nSPS) is 14.6. The minimum atomic E-state index is 0.00535. The van der Waals surface area contributed by atoms with Crippen LogP contribution in [-0.4, -0.2) is 15.2 Å². The molecular weight excluding hydrogens is 693 g/mol. The highest BCUT2D eigenvalue weighted by atomic mass is 16.5. The fourth-order valence-electron chi connectivity index (χ4n) is 9.47. The third kappa shape index (κ3) is 4.85. The first-order valence-electron chi connectivity index (χ1n) is 19.8. The maximum atomic E-state index is 6.96. The number of allylic oxidation sites excluding steroid dienone is 2. The van der Waals surface area contributed by atoms with E-state index in [1.807, 2.05) is 0 Å². The smallest absolute Gasteiger partial charge is 0.152 e. The van der Waals surface area contributed by atoms with Gasteiger partial charge in [0.2, 0.25) is 0 Å². The maximum absolute atomic E-state index is 6.96. The average Bonchev–Trinajstić information content (AvgIpc) is 3.94. The van der Waals surface area contributed by atoms with Crippen molar-refractivity contribution in [2.45, 2.75) is 12.5 Å². The Balaban J connectivity index is 1.06. The summed E-state index contributed by atoms with van der Waals surface area (Å²) < 4.78 is 11.8. The Labute approximate surface area is 330 Å². The van der Waals surface area contributed by atoms with E-state index in [0.717, 1.165) is 23.4 Å². The molecule has 0 bridgehead atoms. The van der Waals surface area contributed by atoms with Gasteiger partial charge in [-0.05, 0) is 70.3 Å². The van der Waals surface area contributed by atoms with Crippen molar-refractivity contribution in [2.75, 3.05) is 0 Å². The summed E-state index contributed by atoms with van der Waals surface area (Å²) in [7, 11) is 0. The van der Waals surface area contributed by atoms with Crippen LogP contribution in [0.2, 0.25) is 0 Å². The molecule has 57 heavy (non-hydrogen) atoms. The van der Waals surface area contributed by atoms with Gasteiger partial charge in [-0.2, -0.15) is 0 Å². The highest BCUT2D eigenvalue weighted by Crippen LogP contribution is 2.50. The zero-order valence-electron chi connectivity index (χ0n) is 31.1. The first-order valence-corrected chi connectivity index (χ1v) is 19.8. The Morgan fingerprint density at radius 3 is 1.81 bits per heavy atom. The van der Waals surface area contributed by atoms with Crippen molar-refractivity contribution >= 4 is 49.2 Å². The lowest BCUT2D eigenvalue weighted by Gasteiger charge is -2.16. The summed E-state index contributed by atoms with van der Waals surface area (Å²) >= 11 is 0. The van der Waals surface area contributed by atoms with Gasteiger partial charge in [-0.15, -0.1) is 0 Å². The molecule has 268 valence electrons. The van der Waals surface area contributed by atoms with Gasteiger partial charge < -0.3 is 13.9 Å². The van der Waals surface area contributed by atoms with Gasteiger partial charge in [0.15, 0.2) is 5.75 Å². The summed E-state index contributed by atoms with van der Waals surface area (Å²) in [6.45, 7) is 0. The molecule has 2 aliphatic rings. The number of hydrogen-bond donors (Lipinski definition) is 0. The Morgan fingerprint density at radius 2 is 1.02 bits per heavy atom. The van der Waals surface area contributed by atoms with Crippen LogP contribution < -0.4 is 4.74 Å². The first kappa shape index (κ1) is 31.9. The molecule has 1 unspecified atom stereocenters. The molecule has 10 aromatic rings. The van der Waals surface area contributed by atoms with Crippen LogP contribution in [0.1, 0.15) is 12.0 Å². The van der Waals surface area contributed by atoms with Crippen molar-refractivity contribution in [1.82, 2.24) is 9.13 Å². The van der Waals surface area contributed by atoms with Crippen molar-refractivity contribution < 1.29 is 4.74 Å². The Morgan fingerprint density at radius 1 is 0.421 bits per heavy atom. The fourth-order valence-corrected chi connectivity index (χ4v) is 9.47. The van der Waals surface area contributed by atoms with E-state index in [2.05, 4.69) is 209 Å². The van der Waals surface area contributed by atoms with Crippen LogP contribution in [0.15, 0.2) is 200 Å². The maximum Gasteiger partial charge on any atom is 0.152 e. The van der Waals surface area contributed by atoms with Gasteiger partial charge in [-0.1, -0.05) is 158 Å². The van der Waals surface area contributed by atoms with E-state index in [1.165, 1.54) is 88.3 Å². The number of fused-ring (bicyclic) bond motifs is 9. The molecule has 0 radical (unpaired) electrons. The fraction of sp³-hybridized carbons (Fsp3) is 0.0370. The highest BCUT2D eigenvalue weighted by molar-refractivity contribution is 6.13. The zero-order valence-corrected chi connectivity index (χ0v) is 31.1. The van der Waals surface area contributed by atoms with Crippen LogP contribution in [0.3, 0.4) is 0 Å². The predicted molar refractivity (Wildman–Crippen MR) is 238 cm³/mol. The standard InChI is InChI=1S/C54H36N2O/c1-3-15-35(16-4-1)39-19-7-11-23-46(39)55-48-25-13-9-21-42(48)45-33-37(28-31-49(45)55)38-27-29-43-41-20-8-12-24-47(41)56(51(43)34-38)50-32-30-40(36-17-5-2-6-18-36)53-44-22-10-14-26-52(44)57-54(50)53/h1-25,27-34,52H,26H2. The SMILES string of the molecule is C1=CCC2Oc3c(-n4c5ccccc5c5ccc(-c6ccc7c(c6)c6ccccc6n7-c6ccccc6-c6ccccc6)cc54)ccc(-c4ccccc4)c3C2=C1. The van der Waals surface area contributed by atoms with E-state index < -0.39 is 0 Å². The van der Waals surface area contributed by atoms with E-state index >= 15 is 0 Å². The van der Waals surface area contributed by atoms with Crippen LogP contribution in [0.25, 0.3) is 93.9 Å².